The third-order valence-electron chi connectivity index (χ3n) is 5.46. The molecule has 2 unspecified atom stereocenters. The molecule has 2 aromatic carbocycles. The van der Waals surface area contributed by atoms with Gasteiger partial charge in [-0.25, -0.2) is 8.78 Å². The Morgan fingerprint density at radius 2 is 1.97 bits per heavy atom. The van der Waals surface area contributed by atoms with Crippen molar-refractivity contribution in [2.45, 2.75) is 44.8 Å². The summed E-state index contributed by atoms with van der Waals surface area (Å²) < 4.78 is 27.2. The zero-order valence-corrected chi connectivity index (χ0v) is 18.0. The summed E-state index contributed by atoms with van der Waals surface area (Å²) in [6.45, 7) is 3.76. The quantitative estimate of drug-likeness (QED) is 0.465. The van der Waals surface area contributed by atoms with Crippen LogP contribution >= 0.6 is 0 Å². The molecule has 166 valence electrons. The topological polar surface area (TPSA) is 72.0 Å². The summed E-state index contributed by atoms with van der Waals surface area (Å²) in [5, 5.41) is 6.79. The zero-order valence-electron chi connectivity index (χ0n) is 18.0. The molecule has 31 heavy (non-hydrogen) atoms. The summed E-state index contributed by atoms with van der Waals surface area (Å²) in [4.78, 5) is 22.9. The maximum atomic E-state index is 13.6. The maximum absolute atomic E-state index is 13.6. The van der Waals surface area contributed by atoms with Gasteiger partial charge in [-0.15, -0.1) is 0 Å². The number of oxime groups is 1. The van der Waals surface area contributed by atoms with Gasteiger partial charge >= 0.3 is 0 Å². The van der Waals surface area contributed by atoms with E-state index in [0.717, 1.165) is 11.1 Å². The summed E-state index contributed by atoms with van der Waals surface area (Å²) >= 11 is 0. The lowest BCUT2D eigenvalue weighted by molar-refractivity contribution is -0.126. The van der Waals surface area contributed by atoms with Crippen LogP contribution in [0.2, 0.25) is 0 Å². The van der Waals surface area contributed by atoms with Gasteiger partial charge in [0.1, 0.15) is 12.6 Å². The van der Waals surface area contributed by atoms with E-state index in [1.54, 1.807) is 38.2 Å². The van der Waals surface area contributed by atoms with E-state index in [9.17, 15) is 13.6 Å². The highest BCUT2D eigenvalue weighted by atomic mass is 19.3. The number of aryl methyl sites for hydroxylation is 1. The number of alkyl halides is 2. The predicted molar refractivity (Wildman–Crippen MR) is 114 cm³/mol. The summed E-state index contributed by atoms with van der Waals surface area (Å²) in [5.41, 5.74) is 6.87. The van der Waals surface area contributed by atoms with Crippen LogP contribution in [0.3, 0.4) is 0 Å². The SMILES string of the molecule is CNC(=O)C(NOC)c1cccc(C)c1CO/N=C(\C)c1ccccc1C1CC1(F)F. The van der Waals surface area contributed by atoms with Gasteiger partial charge in [0.2, 0.25) is 5.91 Å². The number of rotatable bonds is 9. The first-order valence-electron chi connectivity index (χ1n) is 10.0. The molecule has 0 radical (unpaired) electrons. The number of hydrogen-bond acceptors (Lipinski definition) is 5. The van der Waals surface area contributed by atoms with Crippen molar-refractivity contribution in [3.8, 4) is 0 Å². The minimum absolute atomic E-state index is 0.111. The van der Waals surface area contributed by atoms with E-state index in [2.05, 4.69) is 16.0 Å². The smallest absolute Gasteiger partial charge is 0.255 e. The molecular formula is C23H27F2N3O3. The number of benzene rings is 2. The second-order valence-electron chi connectivity index (χ2n) is 7.57. The van der Waals surface area contributed by atoms with Crippen LogP contribution in [0.1, 0.15) is 53.1 Å². The Bertz CT molecular complexity index is 978. The normalized spacial score (nSPS) is 18.4. The molecule has 1 fully saturated rings. The standard InChI is InChI=1S/C23H27F2N3O3/c1-14-8-7-11-18(21(28-30-4)22(29)26-3)19(14)13-31-27-15(2)16-9-5-6-10-17(16)20-12-23(20,24)25/h5-11,20-21,28H,12-13H2,1-4H3,(H,26,29)/b27-15+. The van der Waals surface area contributed by atoms with Gasteiger partial charge in [0, 0.05) is 24.6 Å². The van der Waals surface area contributed by atoms with Crippen LogP contribution in [0.4, 0.5) is 8.78 Å². The number of halogens is 2. The van der Waals surface area contributed by atoms with Crippen LogP contribution in [0, 0.1) is 6.92 Å². The fourth-order valence-corrected chi connectivity index (χ4v) is 3.64. The molecule has 0 bridgehead atoms. The van der Waals surface area contributed by atoms with Gasteiger partial charge in [-0.2, -0.15) is 5.48 Å². The number of nitrogens with zero attached hydrogens (tertiary/aromatic N) is 1. The minimum atomic E-state index is -2.66. The number of hydroxylamine groups is 1. The number of nitrogens with one attached hydrogen (secondary N) is 2. The fourth-order valence-electron chi connectivity index (χ4n) is 3.64. The second-order valence-corrected chi connectivity index (χ2v) is 7.57. The second kappa shape index (κ2) is 9.53. The number of amides is 1. The number of carbonyl (C=O) groups excluding carboxylic acids is 1. The molecule has 2 atom stereocenters. The molecule has 1 amide bonds. The number of likely N-dealkylation sites (N-methyl/N-ethyl adjacent to an activating group) is 1. The number of hydrogen-bond donors (Lipinski definition) is 2. The summed E-state index contributed by atoms with van der Waals surface area (Å²) in [7, 11) is 2.99. The lowest BCUT2D eigenvalue weighted by Gasteiger charge is -2.20. The van der Waals surface area contributed by atoms with Crippen LogP contribution in [0.25, 0.3) is 0 Å². The van der Waals surface area contributed by atoms with Gasteiger partial charge in [0.05, 0.1) is 18.7 Å². The van der Waals surface area contributed by atoms with Crippen molar-refractivity contribution in [1.82, 2.24) is 10.8 Å². The van der Waals surface area contributed by atoms with E-state index >= 15 is 0 Å². The number of carbonyl (C=O) groups is 1. The monoisotopic (exact) mass is 431 g/mol. The van der Waals surface area contributed by atoms with Crippen molar-refractivity contribution in [2.75, 3.05) is 14.2 Å². The van der Waals surface area contributed by atoms with Crippen molar-refractivity contribution in [3.05, 3.63) is 70.3 Å². The Morgan fingerprint density at radius 1 is 1.26 bits per heavy atom. The summed E-state index contributed by atoms with van der Waals surface area (Å²) in [6, 6.07) is 11.9. The molecule has 3 rings (SSSR count). The first kappa shape index (κ1) is 22.8. The third-order valence-corrected chi connectivity index (χ3v) is 5.46. The molecule has 2 N–H and O–H groups in total. The molecule has 6 nitrogen and oxygen atoms in total. The molecule has 2 aromatic rings. The van der Waals surface area contributed by atoms with E-state index in [4.69, 9.17) is 9.68 Å². The average molecular weight is 431 g/mol. The molecule has 1 saturated carbocycles. The van der Waals surface area contributed by atoms with Crippen molar-refractivity contribution in [3.63, 3.8) is 0 Å². The minimum Gasteiger partial charge on any atom is -0.391 e. The molecule has 8 heteroatoms. The van der Waals surface area contributed by atoms with Gasteiger partial charge in [-0.1, -0.05) is 47.6 Å². The van der Waals surface area contributed by atoms with Crippen LogP contribution in [0.15, 0.2) is 47.6 Å². The Labute approximate surface area is 180 Å². The molecule has 0 spiro atoms. The van der Waals surface area contributed by atoms with Crippen molar-refractivity contribution < 1.29 is 23.3 Å². The van der Waals surface area contributed by atoms with Gasteiger partial charge < -0.3 is 15.0 Å². The molecule has 1 aliphatic carbocycles. The fraction of sp³-hybridized carbons (Fsp3) is 0.391. The van der Waals surface area contributed by atoms with Crippen molar-refractivity contribution in [1.29, 1.82) is 0 Å². The molecule has 1 aliphatic rings. The summed E-state index contributed by atoms with van der Waals surface area (Å²) in [6.07, 6.45) is -0.141. The Kier molecular flexibility index (Phi) is 7.02. The van der Waals surface area contributed by atoms with E-state index in [-0.39, 0.29) is 18.9 Å². The van der Waals surface area contributed by atoms with Gasteiger partial charge in [-0.3, -0.25) is 4.79 Å². The summed E-state index contributed by atoms with van der Waals surface area (Å²) in [5.74, 6) is -3.69. The lowest BCUT2D eigenvalue weighted by atomic mass is 9.96. The zero-order chi connectivity index (χ0) is 22.6. The molecule has 0 aliphatic heterocycles. The van der Waals surface area contributed by atoms with Gasteiger partial charge in [0.15, 0.2) is 0 Å². The highest BCUT2D eigenvalue weighted by Crippen LogP contribution is 2.56. The highest BCUT2D eigenvalue weighted by molar-refractivity contribution is 6.00. The van der Waals surface area contributed by atoms with Crippen molar-refractivity contribution >= 4 is 11.6 Å². The molecule has 0 aromatic heterocycles. The molecule has 0 saturated heterocycles. The van der Waals surface area contributed by atoms with Crippen molar-refractivity contribution in [2.24, 2.45) is 5.16 Å². The van der Waals surface area contributed by atoms with E-state index < -0.39 is 17.9 Å². The largest absolute Gasteiger partial charge is 0.391 e. The Hall–Kier alpha value is -2.84. The molecule has 0 heterocycles. The average Bonchev–Trinajstić information content (AvgIpc) is 3.40. The Morgan fingerprint density at radius 3 is 2.61 bits per heavy atom. The van der Waals surface area contributed by atoms with Gasteiger partial charge in [0.25, 0.3) is 5.92 Å². The van der Waals surface area contributed by atoms with Gasteiger partial charge in [-0.05, 0) is 30.5 Å². The van der Waals surface area contributed by atoms with Crippen LogP contribution in [-0.2, 0) is 21.1 Å². The maximum Gasteiger partial charge on any atom is 0.255 e. The lowest BCUT2D eigenvalue weighted by Crippen LogP contribution is -2.36. The predicted octanol–water partition coefficient (Wildman–Crippen LogP) is 4.00. The van der Waals surface area contributed by atoms with E-state index in [1.807, 2.05) is 25.1 Å². The Balaban J connectivity index is 1.81. The van der Waals surface area contributed by atoms with E-state index in [0.29, 0.717) is 22.4 Å². The third kappa shape index (κ3) is 5.08. The first-order chi connectivity index (χ1) is 14.8. The highest BCUT2D eigenvalue weighted by Gasteiger charge is 2.58. The van der Waals surface area contributed by atoms with E-state index in [1.165, 1.54) is 7.11 Å². The first-order valence-corrected chi connectivity index (χ1v) is 10.0. The van der Waals surface area contributed by atoms with Crippen LogP contribution < -0.4 is 10.8 Å². The van der Waals surface area contributed by atoms with Crippen LogP contribution in [0.5, 0.6) is 0 Å². The molecular weight excluding hydrogens is 404 g/mol. The van der Waals surface area contributed by atoms with Crippen LogP contribution in [-0.4, -0.2) is 31.7 Å².